The molecule has 3 aliphatic rings. The third-order valence-electron chi connectivity index (χ3n) is 7.76. The molecule has 0 bridgehead atoms. The van der Waals surface area contributed by atoms with Crippen molar-refractivity contribution in [2.24, 2.45) is 0 Å². The van der Waals surface area contributed by atoms with Crippen LogP contribution in [0.15, 0.2) is 30.3 Å². The Morgan fingerprint density at radius 3 is 2.66 bits per heavy atom. The molecule has 1 atom stereocenters. The Bertz CT molecular complexity index is 972. The van der Waals surface area contributed by atoms with Crippen LogP contribution in [0.1, 0.15) is 64.0 Å². The van der Waals surface area contributed by atoms with Gasteiger partial charge in [-0.25, -0.2) is 0 Å². The Balaban J connectivity index is 1.34. The Morgan fingerprint density at radius 1 is 1.09 bits per heavy atom. The second kappa shape index (κ2) is 8.99. The molecule has 1 aliphatic carbocycles. The summed E-state index contributed by atoms with van der Waals surface area (Å²) in [5, 5.41) is 11.0. The molecular formula is C26H35N3O3. The molecule has 1 spiro atoms. The number of aliphatic hydroxyl groups excluding tert-OH is 1. The number of likely N-dealkylation sites (tertiary alicyclic amines) is 2. The van der Waals surface area contributed by atoms with Crippen molar-refractivity contribution in [1.29, 1.82) is 0 Å². The minimum Gasteiger partial charge on any atom is -0.494 e. The molecule has 1 N–H and O–H groups in total. The van der Waals surface area contributed by atoms with Crippen molar-refractivity contribution in [2.45, 2.75) is 82.5 Å². The van der Waals surface area contributed by atoms with Crippen molar-refractivity contribution >= 4 is 16.8 Å². The summed E-state index contributed by atoms with van der Waals surface area (Å²) < 4.78 is 5.61. The molecule has 3 heterocycles. The quantitative estimate of drug-likeness (QED) is 0.769. The van der Waals surface area contributed by atoms with Gasteiger partial charge in [-0.2, -0.15) is 0 Å². The van der Waals surface area contributed by atoms with E-state index in [2.05, 4.69) is 21.9 Å². The number of fused-ring (bicyclic) bond motifs is 1. The highest BCUT2D eigenvalue weighted by molar-refractivity contribution is 5.88. The monoisotopic (exact) mass is 437 g/mol. The van der Waals surface area contributed by atoms with Crippen molar-refractivity contribution < 1.29 is 14.6 Å². The normalized spacial score (nSPS) is 29.2. The number of nitrogens with zero attached hydrogens (tertiary/aromatic N) is 3. The lowest BCUT2D eigenvalue weighted by molar-refractivity contribution is -0.152. The second-order valence-electron chi connectivity index (χ2n) is 9.71. The molecular weight excluding hydrogens is 402 g/mol. The first-order valence-electron chi connectivity index (χ1n) is 12.4. The number of hydrogen-bond acceptors (Lipinski definition) is 5. The fourth-order valence-electron chi connectivity index (χ4n) is 6.11. The zero-order valence-corrected chi connectivity index (χ0v) is 19.1. The molecule has 2 aliphatic heterocycles. The summed E-state index contributed by atoms with van der Waals surface area (Å²) in [6.45, 7) is 5.17. The summed E-state index contributed by atoms with van der Waals surface area (Å²) >= 11 is 0. The standard InChI is InChI=1S/C26H35N3O3/c1-2-32-23-11-12-24-19(17-23)5-6-20(27-24)18-28-15-3-13-26(28)14-4-16-29(25(26)31)21-7-9-22(30)10-8-21/h5-6,11-12,17,21-22,30H,2-4,7-10,13-16,18H2,1H3. The summed E-state index contributed by atoms with van der Waals surface area (Å²) in [6.07, 6.45) is 7.32. The molecule has 1 amide bonds. The molecule has 5 rings (SSSR count). The lowest BCUT2D eigenvalue weighted by Gasteiger charge is -2.48. The molecule has 3 fully saturated rings. The van der Waals surface area contributed by atoms with E-state index in [0.717, 1.165) is 86.8 Å². The van der Waals surface area contributed by atoms with Gasteiger partial charge in [0, 0.05) is 24.5 Å². The van der Waals surface area contributed by atoms with Crippen LogP contribution in [0.3, 0.4) is 0 Å². The van der Waals surface area contributed by atoms with E-state index in [4.69, 9.17) is 9.72 Å². The Hall–Kier alpha value is -2.18. The molecule has 6 heteroatoms. The number of ether oxygens (including phenoxy) is 1. The smallest absolute Gasteiger partial charge is 0.243 e. The molecule has 32 heavy (non-hydrogen) atoms. The first-order chi connectivity index (χ1) is 15.6. The van der Waals surface area contributed by atoms with Crippen LogP contribution < -0.4 is 4.74 Å². The first-order valence-corrected chi connectivity index (χ1v) is 12.4. The largest absolute Gasteiger partial charge is 0.494 e. The first kappa shape index (κ1) is 21.7. The number of aliphatic hydroxyl groups is 1. The van der Waals surface area contributed by atoms with Gasteiger partial charge in [0.05, 0.1) is 23.9 Å². The molecule has 1 unspecified atom stereocenters. The van der Waals surface area contributed by atoms with Crippen molar-refractivity contribution in [3.05, 3.63) is 36.0 Å². The van der Waals surface area contributed by atoms with Crippen LogP contribution in [-0.2, 0) is 11.3 Å². The molecule has 1 aromatic heterocycles. The zero-order valence-electron chi connectivity index (χ0n) is 19.1. The lowest BCUT2D eigenvalue weighted by atomic mass is 9.82. The maximum absolute atomic E-state index is 13.8. The van der Waals surface area contributed by atoms with E-state index in [9.17, 15) is 9.90 Å². The van der Waals surface area contributed by atoms with Gasteiger partial charge in [0.15, 0.2) is 0 Å². The molecule has 2 saturated heterocycles. The van der Waals surface area contributed by atoms with Crippen LogP contribution in [0, 0.1) is 0 Å². The highest BCUT2D eigenvalue weighted by Crippen LogP contribution is 2.41. The highest BCUT2D eigenvalue weighted by Gasteiger charge is 2.52. The van der Waals surface area contributed by atoms with Crippen LogP contribution in [0.5, 0.6) is 5.75 Å². The van der Waals surface area contributed by atoms with Gasteiger partial charge < -0.3 is 14.7 Å². The molecule has 172 valence electrons. The molecule has 1 saturated carbocycles. The predicted molar refractivity (Wildman–Crippen MR) is 124 cm³/mol. The van der Waals surface area contributed by atoms with E-state index < -0.39 is 0 Å². The van der Waals surface area contributed by atoms with Gasteiger partial charge in [-0.3, -0.25) is 14.7 Å². The van der Waals surface area contributed by atoms with Crippen molar-refractivity contribution in [3.8, 4) is 5.75 Å². The van der Waals surface area contributed by atoms with E-state index in [-0.39, 0.29) is 11.6 Å². The number of rotatable bonds is 5. The predicted octanol–water partition coefficient (Wildman–Crippen LogP) is 3.89. The summed E-state index contributed by atoms with van der Waals surface area (Å²) in [6, 6.07) is 10.5. The summed E-state index contributed by atoms with van der Waals surface area (Å²) in [5.41, 5.74) is 1.62. The van der Waals surface area contributed by atoms with Crippen LogP contribution >= 0.6 is 0 Å². The zero-order chi connectivity index (χ0) is 22.1. The number of amides is 1. The lowest BCUT2D eigenvalue weighted by Crippen LogP contribution is -2.62. The molecule has 0 radical (unpaired) electrons. The van der Waals surface area contributed by atoms with E-state index in [1.807, 2.05) is 25.1 Å². The topological polar surface area (TPSA) is 65.9 Å². The minimum atomic E-state index is -0.371. The van der Waals surface area contributed by atoms with Crippen molar-refractivity contribution in [2.75, 3.05) is 19.7 Å². The number of benzene rings is 1. The second-order valence-corrected chi connectivity index (χ2v) is 9.71. The van der Waals surface area contributed by atoms with Gasteiger partial charge in [0.2, 0.25) is 5.91 Å². The van der Waals surface area contributed by atoms with Gasteiger partial charge >= 0.3 is 0 Å². The van der Waals surface area contributed by atoms with Crippen molar-refractivity contribution in [3.63, 3.8) is 0 Å². The van der Waals surface area contributed by atoms with Gasteiger partial charge in [0.1, 0.15) is 11.3 Å². The average Bonchev–Trinajstić information content (AvgIpc) is 3.19. The van der Waals surface area contributed by atoms with Gasteiger partial charge in [-0.15, -0.1) is 0 Å². The van der Waals surface area contributed by atoms with Crippen LogP contribution in [0.2, 0.25) is 0 Å². The molecule has 6 nitrogen and oxygen atoms in total. The Kier molecular flexibility index (Phi) is 6.08. The minimum absolute atomic E-state index is 0.188. The van der Waals surface area contributed by atoms with Crippen molar-refractivity contribution in [1.82, 2.24) is 14.8 Å². The van der Waals surface area contributed by atoms with Gasteiger partial charge in [0.25, 0.3) is 0 Å². The average molecular weight is 438 g/mol. The van der Waals surface area contributed by atoms with Crippen LogP contribution in [0.25, 0.3) is 10.9 Å². The number of pyridine rings is 1. The number of piperidine rings is 1. The number of carbonyl (C=O) groups is 1. The maximum atomic E-state index is 13.8. The van der Waals surface area contributed by atoms with Crippen LogP contribution in [0.4, 0.5) is 0 Å². The van der Waals surface area contributed by atoms with Gasteiger partial charge in [-0.05, 0) is 89.1 Å². The van der Waals surface area contributed by atoms with Crippen LogP contribution in [-0.4, -0.2) is 63.2 Å². The summed E-state index contributed by atoms with van der Waals surface area (Å²) in [4.78, 5) is 23.3. The Morgan fingerprint density at radius 2 is 1.88 bits per heavy atom. The van der Waals surface area contributed by atoms with E-state index in [0.29, 0.717) is 25.1 Å². The number of carbonyl (C=O) groups excluding carboxylic acids is 1. The summed E-state index contributed by atoms with van der Waals surface area (Å²) in [7, 11) is 0. The van der Waals surface area contributed by atoms with E-state index in [1.54, 1.807) is 0 Å². The van der Waals surface area contributed by atoms with Gasteiger partial charge in [-0.1, -0.05) is 6.07 Å². The third-order valence-corrected chi connectivity index (χ3v) is 7.76. The number of hydrogen-bond donors (Lipinski definition) is 1. The number of aromatic nitrogens is 1. The molecule has 1 aromatic carbocycles. The third kappa shape index (κ3) is 3.99. The fraction of sp³-hybridized carbons (Fsp3) is 0.615. The maximum Gasteiger partial charge on any atom is 0.243 e. The van der Waals surface area contributed by atoms with E-state index in [1.165, 1.54) is 0 Å². The SMILES string of the molecule is CCOc1ccc2nc(CN3CCCC34CCCN(C3CCC(O)CC3)C4=O)ccc2c1. The Labute approximate surface area is 190 Å². The fourth-order valence-corrected chi connectivity index (χ4v) is 6.11. The highest BCUT2D eigenvalue weighted by atomic mass is 16.5. The summed E-state index contributed by atoms with van der Waals surface area (Å²) in [5.74, 6) is 1.20. The molecule has 2 aromatic rings. The van der Waals surface area contributed by atoms with E-state index >= 15 is 0 Å².